The summed E-state index contributed by atoms with van der Waals surface area (Å²) >= 11 is 3.23. The maximum absolute atomic E-state index is 12.7. The topological polar surface area (TPSA) is 65.3 Å². The van der Waals surface area contributed by atoms with Crippen LogP contribution in [-0.4, -0.2) is 4.57 Å². The standard InChI is InChI=1S/C16H16BrNO4/c1-2-3-4-5-7-18-15(19)10-6-8-21-13(10)14-11(16(18)20)9-12(17)22-14/h6,8-9H,2-5,7H2,1H3. The van der Waals surface area contributed by atoms with Gasteiger partial charge in [0.2, 0.25) is 0 Å². The average molecular weight is 366 g/mol. The fourth-order valence-electron chi connectivity index (χ4n) is 2.62. The molecular formula is C16H16BrNO4. The lowest BCUT2D eigenvalue weighted by Crippen LogP contribution is -2.30. The molecule has 3 aromatic heterocycles. The number of fused-ring (bicyclic) bond motifs is 3. The number of unbranched alkanes of at least 4 members (excludes halogenated alkanes) is 3. The second-order valence-electron chi connectivity index (χ2n) is 5.28. The van der Waals surface area contributed by atoms with Crippen LogP contribution in [0.2, 0.25) is 0 Å². The molecule has 6 heteroatoms. The predicted octanol–water partition coefficient (Wildman–Crippen LogP) is 4.04. The fourth-order valence-corrected chi connectivity index (χ4v) is 3.02. The number of hydrogen-bond acceptors (Lipinski definition) is 4. The molecule has 0 amide bonds. The summed E-state index contributed by atoms with van der Waals surface area (Å²) in [5.74, 6) is 0. The zero-order valence-electron chi connectivity index (χ0n) is 12.2. The molecule has 0 bridgehead atoms. The summed E-state index contributed by atoms with van der Waals surface area (Å²) in [7, 11) is 0. The van der Waals surface area contributed by atoms with Crippen molar-refractivity contribution < 1.29 is 8.83 Å². The fraction of sp³-hybridized carbons (Fsp3) is 0.375. The van der Waals surface area contributed by atoms with E-state index in [1.54, 1.807) is 12.1 Å². The van der Waals surface area contributed by atoms with Crippen molar-refractivity contribution in [2.45, 2.75) is 39.2 Å². The Morgan fingerprint density at radius 2 is 1.86 bits per heavy atom. The predicted molar refractivity (Wildman–Crippen MR) is 88.4 cm³/mol. The highest BCUT2D eigenvalue weighted by Crippen LogP contribution is 2.26. The quantitative estimate of drug-likeness (QED) is 0.639. The summed E-state index contributed by atoms with van der Waals surface area (Å²) in [6.07, 6.45) is 5.43. The minimum absolute atomic E-state index is 0.307. The molecule has 0 radical (unpaired) electrons. The van der Waals surface area contributed by atoms with Crippen molar-refractivity contribution in [1.29, 1.82) is 0 Å². The number of nitrogens with zero attached hydrogens (tertiary/aromatic N) is 1. The van der Waals surface area contributed by atoms with Crippen molar-refractivity contribution in [2.75, 3.05) is 0 Å². The summed E-state index contributed by atoms with van der Waals surface area (Å²) in [5, 5.41) is 0.717. The molecule has 116 valence electrons. The van der Waals surface area contributed by atoms with E-state index in [4.69, 9.17) is 8.83 Å². The first-order chi connectivity index (χ1) is 10.6. The van der Waals surface area contributed by atoms with Crippen molar-refractivity contribution in [3.8, 4) is 0 Å². The van der Waals surface area contributed by atoms with Crippen LogP contribution in [-0.2, 0) is 6.54 Å². The lowest BCUT2D eigenvalue weighted by molar-refractivity contribution is 0.565. The zero-order valence-corrected chi connectivity index (χ0v) is 13.8. The van der Waals surface area contributed by atoms with Gasteiger partial charge in [0.1, 0.15) is 0 Å². The van der Waals surface area contributed by atoms with Crippen LogP contribution < -0.4 is 11.1 Å². The number of hydrogen-bond donors (Lipinski definition) is 0. The third kappa shape index (κ3) is 2.52. The number of aromatic nitrogens is 1. The summed E-state index contributed by atoms with van der Waals surface area (Å²) in [5.41, 5.74) is -0.0403. The van der Waals surface area contributed by atoms with E-state index in [0.717, 1.165) is 25.7 Å². The smallest absolute Gasteiger partial charge is 0.264 e. The third-order valence-corrected chi connectivity index (χ3v) is 4.15. The molecule has 22 heavy (non-hydrogen) atoms. The van der Waals surface area contributed by atoms with Gasteiger partial charge in [-0.25, -0.2) is 0 Å². The molecule has 0 N–H and O–H groups in total. The Balaban J connectivity index is 2.25. The highest BCUT2D eigenvalue weighted by atomic mass is 79.9. The van der Waals surface area contributed by atoms with Crippen molar-refractivity contribution in [2.24, 2.45) is 0 Å². The molecule has 0 aliphatic rings. The van der Waals surface area contributed by atoms with Crippen LogP contribution in [0.1, 0.15) is 32.6 Å². The Morgan fingerprint density at radius 3 is 2.64 bits per heavy atom. The van der Waals surface area contributed by atoms with Crippen LogP contribution in [0.4, 0.5) is 0 Å². The van der Waals surface area contributed by atoms with E-state index in [9.17, 15) is 9.59 Å². The van der Waals surface area contributed by atoms with Crippen LogP contribution in [0, 0.1) is 0 Å². The summed E-state index contributed by atoms with van der Waals surface area (Å²) in [6.45, 7) is 2.53. The Bertz CT molecular complexity index is 935. The van der Waals surface area contributed by atoms with Gasteiger partial charge in [-0.15, -0.1) is 0 Å². The molecule has 3 heterocycles. The van der Waals surface area contributed by atoms with E-state index in [0.29, 0.717) is 33.2 Å². The van der Waals surface area contributed by atoms with Gasteiger partial charge in [0.05, 0.1) is 17.0 Å². The Hall–Kier alpha value is -1.82. The van der Waals surface area contributed by atoms with Gasteiger partial charge in [-0.05, 0) is 28.4 Å². The first kappa shape index (κ1) is 15.1. The van der Waals surface area contributed by atoms with E-state index < -0.39 is 0 Å². The monoisotopic (exact) mass is 365 g/mol. The zero-order chi connectivity index (χ0) is 15.7. The van der Waals surface area contributed by atoms with Gasteiger partial charge in [0, 0.05) is 12.6 Å². The molecule has 0 aliphatic carbocycles. The van der Waals surface area contributed by atoms with E-state index >= 15 is 0 Å². The molecule has 3 aromatic rings. The van der Waals surface area contributed by atoms with Gasteiger partial charge in [-0.2, -0.15) is 0 Å². The summed E-state index contributed by atoms with van der Waals surface area (Å²) in [6, 6.07) is 3.16. The molecule has 0 aromatic carbocycles. The molecule has 0 saturated heterocycles. The molecular weight excluding hydrogens is 350 g/mol. The largest absolute Gasteiger partial charge is 0.460 e. The molecule has 0 saturated carbocycles. The van der Waals surface area contributed by atoms with Crippen LogP contribution in [0.15, 0.2) is 41.5 Å². The molecule has 0 unspecified atom stereocenters. The highest BCUT2D eigenvalue weighted by Gasteiger charge is 2.16. The molecule has 0 atom stereocenters. The van der Waals surface area contributed by atoms with Gasteiger partial charge < -0.3 is 8.83 Å². The minimum Gasteiger partial charge on any atom is -0.460 e. The van der Waals surface area contributed by atoms with E-state index in [2.05, 4.69) is 22.9 Å². The minimum atomic E-state index is -0.336. The van der Waals surface area contributed by atoms with Crippen molar-refractivity contribution >= 4 is 37.9 Å². The molecule has 5 nitrogen and oxygen atoms in total. The first-order valence-corrected chi connectivity index (χ1v) is 8.16. The molecule has 3 rings (SSSR count). The highest BCUT2D eigenvalue weighted by molar-refractivity contribution is 9.10. The van der Waals surface area contributed by atoms with Crippen LogP contribution in [0.3, 0.4) is 0 Å². The Labute approximate surface area is 134 Å². The van der Waals surface area contributed by atoms with E-state index in [-0.39, 0.29) is 11.1 Å². The number of halogens is 1. The number of rotatable bonds is 5. The van der Waals surface area contributed by atoms with Crippen LogP contribution in [0.25, 0.3) is 21.9 Å². The van der Waals surface area contributed by atoms with Crippen molar-refractivity contribution in [1.82, 2.24) is 4.57 Å². The summed E-state index contributed by atoms with van der Waals surface area (Å²) < 4.78 is 12.6. The van der Waals surface area contributed by atoms with E-state index in [1.165, 1.54) is 10.8 Å². The average Bonchev–Trinajstić information content (AvgIpc) is 3.10. The van der Waals surface area contributed by atoms with Crippen molar-refractivity contribution in [3.05, 3.63) is 43.8 Å². The number of furan rings is 2. The van der Waals surface area contributed by atoms with E-state index in [1.807, 2.05) is 0 Å². The second kappa shape index (κ2) is 6.12. The lowest BCUT2D eigenvalue weighted by atomic mass is 10.2. The normalized spacial score (nSPS) is 11.5. The van der Waals surface area contributed by atoms with Gasteiger partial charge in [-0.1, -0.05) is 26.2 Å². The molecule has 0 fully saturated rings. The van der Waals surface area contributed by atoms with Gasteiger partial charge in [0.25, 0.3) is 11.1 Å². The first-order valence-electron chi connectivity index (χ1n) is 7.37. The summed E-state index contributed by atoms with van der Waals surface area (Å²) in [4.78, 5) is 25.3. The molecule has 0 spiro atoms. The van der Waals surface area contributed by atoms with Gasteiger partial charge in [-0.3, -0.25) is 14.2 Å². The lowest BCUT2D eigenvalue weighted by Gasteiger charge is -2.01. The van der Waals surface area contributed by atoms with Gasteiger partial charge in [0.15, 0.2) is 15.8 Å². The maximum atomic E-state index is 12.7. The third-order valence-electron chi connectivity index (χ3n) is 3.76. The Kier molecular flexibility index (Phi) is 4.20. The van der Waals surface area contributed by atoms with Crippen LogP contribution in [0.5, 0.6) is 0 Å². The van der Waals surface area contributed by atoms with Crippen molar-refractivity contribution in [3.63, 3.8) is 0 Å². The Morgan fingerprint density at radius 1 is 1.09 bits per heavy atom. The van der Waals surface area contributed by atoms with Gasteiger partial charge >= 0.3 is 0 Å². The maximum Gasteiger partial charge on any atom is 0.264 e. The molecule has 0 aliphatic heterocycles. The van der Waals surface area contributed by atoms with Crippen LogP contribution >= 0.6 is 15.9 Å². The second-order valence-corrected chi connectivity index (χ2v) is 6.06. The SMILES string of the molecule is CCCCCCn1c(=O)c2ccoc2c2oc(Br)cc2c1=O.